The number of nitrogens with zero attached hydrogens (tertiary/aromatic N) is 2. The molecule has 0 aliphatic heterocycles. The van der Waals surface area contributed by atoms with Crippen molar-refractivity contribution in [2.24, 2.45) is 5.92 Å². The van der Waals surface area contributed by atoms with Crippen molar-refractivity contribution in [1.29, 1.82) is 0 Å². The van der Waals surface area contributed by atoms with Crippen LogP contribution in [0.2, 0.25) is 0 Å². The van der Waals surface area contributed by atoms with Crippen LogP contribution in [0, 0.1) is 5.92 Å². The molecular formula is C27H35N3O2. The van der Waals surface area contributed by atoms with E-state index < -0.39 is 0 Å². The highest BCUT2D eigenvalue weighted by atomic mass is 16.5. The Labute approximate surface area is 191 Å². The second kappa shape index (κ2) is 10.7. The van der Waals surface area contributed by atoms with Gasteiger partial charge in [-0.2, -0.15) is 0 Å². The summed E-state index contributed by atoms with van der Waals surface area (Å²) < 4.78 is 8.33. The van der Waals surface area contributed by atoms with E-state index in [0.717, 1.165) is 74.2 Å². The standard InChI is InChI=1S/C27H35N3O2/c1-20(2)21-13-15-23(16-14-21)32-19-18-30-25-9-6-5-8-24(25)29-26(30)10-4-3-7-17-28-27(31)22-11-12-22/h5-6,8-9,13-16,20,22H,3-4,7,10-12,17-19H2,1-2H3,(H,28,31). The number of nitrogens with one attached hydrogen (secondary N) is 1. The van der Waals surface area contributed by atoms with E-state index in [4.69, 9.17) is 9.72 Å². The Morgan fingerprint density at radius 2 is 1.88 bits per heavy atom. The molecule has 1 heterocycles. The maximum atomic E-state index is 11.7. The zero-order valence-corrected chi connectivity index (χ0v) is 19.3. The smallest absolute Gasteiger partial charge is 0.223 e. The van der Waals surface area contributed by atoms with E-state index in [9.17, 15) is 4.79 Å². The van der Waals surface area contributed by atoms with Crippen molar-refractivity contribution in [1.82, 2.24) is 14.9 Å². The lowest BCUT2D eigenvalue weighted by molar-refractivity contribution is -0.122. The van der Waals surface area contributed by atoms with Gasteiger partial charge in [-0.25, -0.2) is 4.98 Å². The number of rotatable bonds is 12. The van der Waals surface area contributed by atoms with E-state index in [1.807, 2.05) is 6.07 Å². The number of unbranched alkanes of at least 4 members (excludes halogenated alkanes) is 2. The second-order valence-electron chi connectivity index (χ2n) is 9.12. The number of hydrogen-bond acceptors (Lipinski definition) is 3. The van der Waals surface area contributed by atoms with Crippen LogP contribution in [0.1, 0.15) is 63.3 Å². The number of amides is 1. The lowest BCUT2D eigenvalue weighted by Crippen LogP contribution is -2.25. The SMILES string of the molecule is CC(C)c1ccc(OCCn2c(CCCCCNC(=O)C3CC3)nc3ccccc32)cc1. The first-order valence-electron chi connectivity index (χ1n) is 12.1. The predicted molar refractivity (Wildman–Crippen MR) is 129 cm³/mol. The van der Waals surface area contributed by atoms with Gasteiger partial charge in [-0.1, -0.05) is 44.5 Å². The minimum absolute atomic E-state index is 0.241. The molecule has 1 aliphatic carbocycles. The Kier molecular flexibility index (Phi) is 7.46. The minimum Gasteiger partial charge on any atom is -0.492 e. The van der Waals surface area contributed by atoms with Crippen molar-refractivity contribution in [3.8, 4) is 5.75 Å². The van der Waals surface area contributed by atoms with Gasteiger partial charge in [0.15, 0.2) is 0 Å². The van der Waals surface area contributed by atoms with Crippen molar-refractivity contribution >= 4 is 16.9 Å². The minimum atomic E-state index is 0.241. The largest absolute Gasteiger partial charge is 0.492 e. The maximum absolute atomic E-state index is 11.7. The van der Waals surface area contributed by atoms with Crippen LogP contribution >= 0.6 is 0 Å². The maximum Gasteiger partial charge on any atom is 0.223 e. The number of hydrogen-bond donors (Lipinski definition) is 1. The highest BCUT2D eigenvalue weighted by molar-refractivity contribution is 5.80. The van der Waals surface area contributed by atoms with E-state index in [-0.39, 0.29) is 5.91 Å². The van der Waals surface area contributed by atoms with Gasteiger partial charge in [0.2, 0.25) is 5.91 Å². The first kappa shape index (κ1) is 22.4. The molecular weight excluding hydrogens is 398 g/mol. The van der Waals surface area contributed by atoms with Crippen molar-refractivity contribution in [2.45, 2.75) is 64.8 Å². The van der Waals surface area contributed by atoms with Gasteiger partial charge in [0.25, 0.3) is 0 Å². The molecule has 0 saturated heterocycles. The van der Waals surface area contributed by atoms with E-state index in [1.165, 1.54) is 5.56 Å². The van der Waals surface area contributed by atoms with Crippen LogP contribution in [0.5, 0.6) is 5.75 Å². The van der Waals surface area contributed by atoms with Gasteiger partial charge in [-0.05, 0) is 61.4 Å². The molecule has 1 fully saturated rings. The summed E-state index contributed by atoms with van der Waals surface area (Å²) in [7, 11) is 0. The molecule has 1 N–H and O–H groups in total. The topological polar surface area (TPSA) is 56.1 Å². The first-order valence-corrected chi connectivity index (χ1v) is 12.1. The molecule has 3 aromatic rings. The average Bonchev–Trinajstić information content (AvgIpc) is 3.59. The van der Waals surface area contributed by atoms with Crippen LogP contribution in [0.25, 0.3) is 11.0 Å². The molecule has 1 saturated carbocycles. The van der Waals surface area contributed by atoms with Crippen molar-refractivity contribution in [3.05, 3.63) is 59.9 Å². The van der Waals surface area contributed by atoms with Crippen molar-refractivity contribution in [2.75, 3.05) is 13.2 Å². The molecule has 5 heteroatoms. The number of carbonyl (C=O) groups is 1. The number of aromatic nitrogens is 2. The van der Waals surface area contributed by atoms with E-state index in [1.54, 1.807) is 0 Å². The molecule has 0 bridgehead atoms. The van der Waals surface area contributed by atoms with Gasteiger partial charge in [0, 0.05) is 18.9 Å². The van der Waals surface area contributed by atoms with Gasteiger partial charge < -0.3 is 14.6 Å². The van der Waals surface area contributed by atoms with E-state index in [0.29, 0.717) is 18.4 Å². The van der Waals surface area contributed by atoms with Crippen LogP contribution in [0.3, 0.4) is 0 Å². The van der Waals surface area contributed by atoms with Crippen molar-refractivity contribution in [3.63, 3.8) is 0 Å². The summed E-state index contributed by atoms with van der Waals surface area (Å²) in [6.45, 7) is 6.58. The Balaban J connectivity index is 1.29. The van der Waals surface area contributed by atoms with Crippen LogP contribution in [0.15, 0.2) is 48.5 Å². The first-order chi connectivity index (χ1) is 15.6. The van der Waals surface area contributed by atoms with Gasteiger partial charge in [0.1, 0.15) is 18.2 Å². The summed E-state index contributed by atoms with van der Waals surface area (Å²) in [4.78, 5) is 16.6. The summed E-state index contributed by atoms with van der Waals surface area (Å²) in [5, 5.41) is 3.05. The molecule has 0 radical (unpaired) electrons. The molecule has 0 unspecified atom stereocenters. The van der Waals surface area contributed by atoms with E-state index in [2.05, 4.69) is 66.2 Å². The average molecular weight is 434 g/mol. The Bertz CT molecular complexity index is 1020. The summed E-state index contributed by atoms with van der Waals surface area (Å²) in [5.41, 5.74) is 3.53. The van der Waals surface area contributed by atoms with Gasteiger partial charge in [-0.3, -0.25) is 4.79 Å². The van der Waals surface area contributed by atoms with Crippen molar-refractivity contribution < 1.29 is 9.53 Å². The Morgan fingerprint density at radius 3 is 2.62 bits per heavy atom. The highest BCUT2D eigenvalue weighted by Crippen LogP contribution is 2.28. The second-order valence-corrected chi connectivity index (χ2v) is 9.12. The van der Waals surface area contributed by atoms with Crippen LogP contribution < -0.4 is 10.1 Å². The van der Waals surface area contributed by atoms with Crippen LogP contribution in [-0.4, -0.2) is 28.6 Å². The quantitative estimate of drug-likeness (QED) is 0.385. The predicted octanol–water partition coefficient (Wildman–Crippen LogP) is 5.48. The summed E-state index contributed by atoms with van der Waals surface area (Å²) in [5.74, 6) is 3.09. The van der Waals surface area contributed by atoms with Gasteiger partial charge >= 0.3 is 0 Å². The molecule has 170 valence electrons. The summed E-state index contributed by atoms with van der Waals surface area (Å²) >= 11 is 0. The molecule has 4 rings (SSSR count). The molecule has 0 atom stereocenters. The molecule has 2 aromatic carbocycles. The number of imidazole rings is 1. The number of para-hydroxylation sites is 2. The Morgan fingerprint density at radius 1 is 1.09 bits per heavy atom. The lowest BCUT2D eigenvalue weighted by Gasteiger charge is -2.12. The summed E-state index contributed by atoms with van der Waals surface area (Å²) in [6, 6.07) is 16.7. The fourth-order valence-corrected chi connectivity index (χ4v) is 4.06. The van der Waals surface area contributed by atoms with Crippen LogP contribution in [-0.2, 0) is 17.8 Å². The third kappa shape index (κ3) is 5.90. The van der Waals surface area contributed by atoms with Gasteiger partial charge in [0.05, 0.1) is 17.6 Å². The molecule has 0 spiro atoms. The Hall–Kier alpha value is -2.82. The molecule has 5 nitrogen and oxygen atoms in total. The molecule has 1 amide bonds. The lowest BCUT2D eigenvalue weighted by atomic mass is 10.0. The number of aryl methyl sites for hydroxylation is 1. The van der Waals surface area contributed by atoms with Crippen LogP contribution in [0.4, 0.5) is 0 Å². The molecule has 32 heavy (non-hydrogen) atoms. The fourth-order valence-electron chi connectivity index (χ4n) is 4.06. The monoisotopic (exact) mass is 433 g/mol. The normalized spacial score (nSPS) is 13.6. The zero-order chi connectivity index (χ0) is 22.3. The zero-order valence-electron chi connectivity index (χ0n) is 19.3. The highest BCUT2D eigenvalue weighted by Gasteiger charge is 2.28. The molecule has 1 aliphatic rings. The number of ether oxygens (including phenoxy) is 1. The fraction of sp³-hybridized carbons (Fsp3) is 0.481. The van der Waals surface area contributed by atoms with E-state index >= 15 is 0 Å². The number of carbonyl (C=O) groups excluding carboxylic acids is 1. The molecule has 1 aromatic heterocycles. The number of fused-ring (bicyclic) bond motifs is 1. The van der Waals surface area contributed by atoms with Gasteiger partial charge in [-0.15, -0.1) is 0 Å². The summed E-state index contributed by atoms with van der Waals surface area (Å²) in [6.07, 6.45) is 6.25. The third-order valence-electron chi connectivity index (χ3n) is 6.19. The third-order valence-corrected chi connectivity index (χ3v) is 6.19. The number of benzene rings is 2.